The Morgan fingerprint density at radius 2 is 2.06 bits per heavy atom. The fourth-order valence-electron chi connectivity index (χ4n) is 0.901. The van der Waals surface area contributed by atoms with Gasteiger partial charge in [0.05, 0.1) is 0 Å². The fraction of sp³-hybridized carbons (Fsp3) is 0.571. The minimum atomic E-state index is -4.33. The summed E-state index contributed by atoms with van der Waals surface area (Å²) < 4.78 is 42.8. The minimum Gasteiger partial charge on any atom is -0.423 e. The number of aryl methyl sites for hydroxylation is 1. The predicted octanol–water partition coefficient (Wildman–Crippen LogP) is 0.615. The smallest absolute Gasteiger partial charge is 0.420 e. The Morgan fingerprint density at radius 3 is 2.44 bits per heavy atom. The van der Waals surface area contributed by atoms with Gasteiger partial charge in [-0.1, -0.05) is 0 Å². The SMILES string of the molecule is Cc1nnc([C@](C)(N)C(F)(F)C(=O)OF)o1. The molecule has 0 aliphatic carbocycles. The van der Waals surface area contributed by atoms with Gasteiger partial charge in [0.2, 0.25) is 11.8 Å². The Bertz CT molecular complexity index is 405. The summed E-state index contributed by atoms with van der Waals surface area (Å²) in [6.07, 6.45) is 0. The number of hydrogen-bond acceptors (Lipinski definition) is 6. The number of hydrogen-bond donors (Lipinski definition) is 1. The molecule has 1 rings (SSSR count). The molecule has 0 amide bonds. The molecule has 1 heterocycles. The summed E-state index contributed by atoms with van der Waals surface area (Å²) in [6, 6.07) is 0. The van der Waals surface area contributed by atoms with Gasteiger partial charge < -0.3 is 10.2 Å². The van der Waals surface area contributed by atoms with Crippen LogP contribution in [0.2, 0.25) is 0 Å². The summed E-state index contributed by atoms with van der Waals surface area (Å²) in [4.78, 5) is 13.0. The molecule has 0 spiro atoms. The van der Waals surface area contributed by atoms with E-state index in [0.29, 0.717) is 0 Å². The normalized spacial score (nSPS) is 15.6. The Kier molecular flexibility index (Phi) is 2.91. The van der Waals surface area contributed by atoms with E-state index in [9.17, 15) is 18.1 Å². The summed E-state index contributed by atoms with van der Waals surface area (Å²) in [5, 5.41) is 6.52. The van der Waals surface area contributed by atoms with Crippen molar-refractivity contribution in [2.75, 3.05) is 0 Å². The molecule has 0 unspecified atom stereocenters. The maximum absolute atomic E-state index is 13.3. The molecular weight excluding hydrogens is 231 g/mol. The fourth-order valence-corrected chi connectivity index (χ4v) is 0.901. The lowest BCUT2D eigenvalue weighted by molar-refractivity contribution is -0.221. The van der Waals surface area contributed by atoms with Crippen LogP contribution in [-0.2, 0) is 15.3 Å². The first-order chi connectivity index (χ1) is 7.23. The lowest BCUT2D eigenvalue weighted by atomic mass is 9.95. The van der Waals surface area contributed by atoms with E-state index in [4.69, 9.17) is 5.73 Å². The molecule has 0 aliphatic heterocycles. The van der Waals surface area contributed by atoms with Crippen LogP contribution in [0.3, 0.4) is 0 Å². The van der Waals surface area contributed by atoms with Crippen LogP contribution in [0.5, 0.6) is 0 Å². The van der Waals surface area contributed by atoms with Gasteiger partial charge in [0.15, 0.2) is 5.54 Å². The molecule has 0 aliphatic rings. The summed E-state index contributed by atoms with van der Waals surface area (Å²) in [5.74, 6) is -7.47. The van der Waals surface area contributed by atoms with Crippen LogP contribution in [0.4, 0.5) is 13.3 Å². The summed E-state index contributed by atoms with van der Waals surface area (Å²) in [7, 11) is 0. The Labute approximate surface area is 87.5 Å². The number of carbonyl (C=O) groups excluding carboxylic acids is 1. The van der Waals surface area contributed by atoms with Crippen molar-refractivity contribution in [2.45, 2.75) is 25.3 Å². The third kappa shape index (κ3) is 1.73. The van der Waals surface area contributed by atoms with Crippen molar-refractivity contribution in [1.82, 2.24) is 10.2 Å². The average molecular weight is 239 g/mol. The van der Waals surface area contributed by atoms with E-state index in [-0.39, 0.29) is 5.89 Å². The van der Waals surface area contributed by atoms with Gasteiger partial charge in [0.25, 0.3) is 0 Å². The Balaban J connectivity index is 3.15. The zero-order valence-corrected chi connectivity index (χ0v) is 8.33. The monoisotopic (exact) mass is 239 g/mol. The quantitative estimate of drug-likeness (QED) is 0.831. The zero-order valence-electron chi connectivity index (χ0n) is 8.33. The number of alkyl halides is 2. The molecule has 6 nitrogen and oxygen atoms in total. The lowest BCUT2D eigenvalue weighted by Crippen LogP contribution is -2.55. The second-order valence-electron chi connectivity index (χ2n) is 3.27. The van der Waals surface area contributed by atoms with E-state index in [1.165, 1.54) is 6.92 Å². The molecule has 1 aromatic heterocycles. The maximum atomic E-state index is 13.3. The second kappa shape index (κ2) is 3.74. The third-order valence-electron chi connectivity index (χ3n) is 1.95. The van der Waals surface area contributed by atoms with Crippen molar-refractivity contribution >= 4 is 5.97 Å². The molecule has 2 N–H and O–H groups in total. The maximum Gasteiger partial charge on any atom is 0.420 e. The molecule has 9 heteroatoms. The van der Waals surface area contributed by atoms with Crippen molar-refractivity contribution in [3.63, 3.8) is 0 Å². The van der Waals surface area contributed by atoms with E-state index < -0.39 is 23.3 Å². The van der Waals surface area contributed by atoms with Gasteiger partial charge in [-0.3, -0.25) is 0 Å². The molecule has 1 aromatic rings. The van der Waals surface area contributed by atoms with Gasteiger partial charge in [0, 0.05) is 11.4 Å². The van der Waals surface area contributed by atoms with E-state index in [0.717, 1.165) is 6.92 Å². The standard InChI is InChI=1S/C7H8F3N3O3/c1-3-12-13-4(15-3)6(2,11)7(8,9)5(14)16-10/h11H2,1-2H3/t6-/m0/s1. The van der Waals surface area contributed by atoms with Crippen molar-refractivity contribution < 1.29 is 27.5 Å². The largest absolute Gasteiger partial charge is 0.423 e. The number of carbonyl (C=O) groups is 1. The second-order valence-corrected chi connectivity index (χ2v) is 3.27. The van der Waals surface area contributed by atoms with Crippen LogP contribution < -0.4 is 5.73 Å². The summed E-state index contributed by atoms with van der Waals surface area (Å²) in [5.41, 5.74) is 2.54. The number of rotatable bonds is 3. The van der Waals surface area contributed by atoms with Gasteiger partial charge in [0.1, 0.15) is 0 Å². The Hall–Kier alpha value is -1.64. The van der Waals surface area contributed by atoms with Crippen molar-refractivity contribution in [2.24, 2.45) is 5.73 Å². The first kappa shape index (κ1) is 12.4. The third-order valence-corrected chi connectivity index (χ3v) is 1.95. The van der Waals surface area contributed by atoms with Crippen LogP contribution in [0.1, 0.15) is 18.7 Å². The van der Waals surface area contributed by atoms with Crippen LogP contribution in [-0.4, -0.2) is 22.1 Å². The molecule has 0 radical (unpaired) electrons. The van der Waals surface area contributed by atoms with Gasteiger partial charge in [-0.2, -0.15) is 8.78 Å². The highest BCUT2D eigenvalue weighted by atomic mass is 19.3. The number of aromatic nitrogens is 2. The van der Waals surface area contributed by atoms with E-state index in [1.54, 1.807) is 0 Å². The van der Waals surface area contributed by atoms with Gasteiger partial charge in [-0.05, 0) is 6.92 Å². The average Bonchev–Trinajstić information content (AvgIpc) is 2.63. The van der Waals surface area contributed by atoms with Crippen LogP contribution in [0.15, 0.2) is 4.42 Å². The first-order valence-corrected chi connectivity index (χ1v) is 4.03. The van der Waals surface area contributed by atoms with Gasteiger partial charge in [-0.25, -0.2) is 9.74 Å². The molecule has 0 saturated carbocycles. The minimum absolute atomic E-state index is 0.0175. The molecule has 0 aromatic carbocycles. The number of nitrogens with two attached hydrogens (primary N) is 1. The molecule has 90 valence electrons. The Morgan fingerprint density at radius 1 is 1.50 bits per heavy atom. The molecule has 16 heavy (non-hydrogen) atoms. The van der Waals surface area contributed by atoms with E-state index in [2.05, 4.69) is 19.6 Å². The summed E-state index contributed by atoms with van der Waals surface area (Å²) in [6.45, 7) is 2.09. The zero-order chi connectivity index (χ0) is 12.6. The topological polar surface area (TPSA) is 91.2 Å². The van der Waals surface area contributed by atoms with E-state index in [1.807, 2.05) is 0 Å². The molecule has 0 saturated heterocycles. The number of halogens is 3. The molecule has 0 bridgehead atoms. The van der Waals surface area contributed by atoms with Gasteiger partial charge in [-0.15, -0.1) is 10.2 Å². The highest BCUT2D eigenvalue weighted by molar-refractivity contribution is 5.78. The van der Waals surface area contributed by atoms with Crippen molar-refractivity contribution in [3.05, 3.63) is 11.8 Å². The van der Waals surface area contributed by atoms with Crippen LogP contribution >= 0.6 is 0 Å². The van der Waals surface area contributed by atoms with Crippen LogP contribution in [0.25, 0.3) is 0 Å². The number of nitrogens with zero attached hydrogens (tertiary/aromatic N) is 2. The van der Waals surface area contributed by atoms with E-state index >= 15 is 0 Å². The molecular formula is C7H8F3N3O3. The van der Waals surface area contributed by atoms with Crippen LogP contribution in [0, 0.1) is 6.92 Å². The highest BCUT2D eigenvalue weighted by Crippen LogP contribution is 2.35. The van der Waals surface area contributed by atoms with Crippen molar-refractivity contribution in [1.29, 1.82) is 0 Å². The van der Waals surface area contributed by atoms with Gasteiger partial charge >= 0.3 is 11.9 Å². The predicted molar refractivity (Wildman–Crippen MR) is 42.7 cm³/mol. The molecule has 0 fully saturated rings. The lowest BCUT2D eigenvalue weighted by Gasteiger charge is -2.26. The highest BCUT2D eigenvalue weighted by Gasteiger charge is 2.60. The first-order valence-electron chi connectivity index (χ1n) is 4.03. The summed E-state index contributed by atoms with van der Waals surface area (Å²) >= 11 is 0. The van der Waals surface area contributed by atoms with Crippen molar-refractivity contribution in [3.8, 4) is 0 Å². The molecule has 1 atom stereocenters.